The molecule has 0 aromatic heterocycles. The minimum absolute atomic E-state index is 0.470. The Kier molecular flexibility index (Phi) is 6.83. The molecule has 0 saturated carbocycles. The number of hydrogen-bond donors (Lipinski definition) is 0. The van der Waals surface area contributed by atoms with E-state index in [-0.39, 0.29) is 0 Å². The van der Waals surface area contributed by atoms with Crippen LogP contribution in [0.3, 0.4) is 0 Å². The number of para-hydroxylation sites is 1. The molecule has 2 nitrogen and oxygen atoms in total. The van der Waals surface area contributed by atoms with Crippen LogP contribution in [0, 0.1) is 5.92 Å². The molecule has 0 heterocycles. The normalized spacial score (nSPS) is 11.0. The third kappa shape index (κ3) is 4.34. The second-order valence-electron chi connectivity index (χ2n) is 4.71. The maximum atomic E-state index is 6.32. The van der Waals surface area contributed by atoms with Crippen LogP contribution in [0.25, 0.3) is 0 Å². The molecule has 0 aliphatic rings. The van der Waals surface area contributed by atoms with E-state index in [0.717, 1.165) is 29.4 Å². The lowest BCUT2D eigenvalue weighted by Gasteiger charge is -2.29. The van der Waals surface area contributed by atoms with Crippen LogP contribution in [0.2, 0.25) is 5.02 Å². The molecule has 0 saturated heterocycles. The highest BCUT2D eigenvalue weighted by Crippen LogP contribution is 2.31. The fourth-order valence-electron chi connectivity index (χ4n) is 1.96. The Labute approximate surface area is 120 Å². The van der Waals surface area contributed by atoms with E-state index in [1.54, 1.807) is 7.11 Å². The first-order chi connectivity index (χ1) is 8.60. The first-order valence-electron chi connectivity index (χ1n) is 6.17. The Balaban J connectivity index is 3.02. The SMILES string of the molecule is COCCN(CC(C)C)c1c(Cl)cccc1CCl. The van der Waals surface area contributed by atoms with Gasteiger partial charge in [-0.15, -0.1) is 11.6 Å². The zero-order valence-electron chi connectivity index (χ0n) is 11.2. The summed E-state index contributed by atoms with van der Waals surface area (Å²) in [7, 11) is 1.71. The number of alkyl halides is 1. The Hall–Kier alpha value is -0.440. The van der Waals surface area contributed by atoms with Gasteiger partial charge in [-0.2, -0.15) is 0 Å². The fraction of sp³-hybridized carbons (Fsp3) is 0.571. The number of methoxy groups -OCH3 is 1. The van der Waals surface area contributed by atoms with Crippen LogP contribution < -0.4 is 4.90 Å². The minimum atomic E-state index is 0.470. The van der Waals surface area contributed by atoms with Gasteiger partial charge in [-0.1, -0.05) is 37.6 Å². The summed E-state index contributed by atoms with van der Waals surface area (Å²) < 4.78 is 5.17. The topological polar surface area (TPSA) is 12.5 Å². The summed E-state index contributed by atoms with van der Waals surface area (Å²) in [6.45, 7) is 6.83. The maximum Gasteiger partial charge on any atom is 0.0642 e. The predicted molar refractivity (Wildman–Crippen MR) is 79.9 cm³/mol. The number of nitrogens with zero attached hydrogens (tertiary/aromatic N) is 1. The summed E-state index contributed by atoms with van der Waals surface area (Å²) >= 11 is 12.3. The summed E-state index contributed by atoms with van der Waals surface area (Å²) in [6, 6.07) is 5.87. The molecule has 0 amide bonds. The van der Waals surface area contributed by atoms with Gasteiger partial charge in [-0.25, -0.2) is 0 Å². The lowest BCUT2D eigenvalue weighted by atomic mass is 10.1. The Bertz CT molecular complexity index is 369. The number of ether oxygens (including phenoxy) is 1. The van der Waals surface area contributed by atoms with Gasteiger partial charge in [0.05, 0.1) is 17.3 Å². The highest BCUT2D eigenvalue weighted by atomic mass is 35.5. The third-order valence-electron chi connectivity index (χ3n) is 2.68. The Morgan fingerprint density at radius 2 is 2.06 bits per heavy atom. The second kappa shape index (κ2) is 7.88. The summed E-state index contributed by atoms with van der Waals surface area (Å²) in [5, 5.41) is 0.755. The van der Waals surface area contributed by atoms with Crippen LogP contribution in [0.5, 0.6) is 0 Å². The van der Waals surface area contributed by atoms with Crippen LogP contribution in [-0.4, -0.2) is 26.8 Å². The smallest absolute Gasteiger partial charge is 0.0642 e. The largest absolute Gasteiger partial charge is 0.383 e. The van der Waals surface area contributed by atoms with Crippen molar-refractivity contribution in [3.8, 4) is 0 Å². The van der Waals surface area contributed by atoms with Gasteiger partial charge in [0.15, 0.2) is 0 Å². The van der Waals surface area contributed by atoms with Crippen LogP contribution >= 0.6 is 23.2 Å². The van der Waals surface area contributed by atoms with Gasteiger partial charge in [0.2, 0.25) is 0 Å². The van der Waals surface area contributed by atoms with Crippen LogP contribution in [0.1, 0.15) is 19.4 Å². The van der Waals surface area contributed by atoms with E-state index in [2.05, 4.69) is 18.7 Å². The van der Waals surface area contributed by atoms with Crippen molar-refractivity contribution in [3.63, 3.8) is 0 Å². The molecular weight excluding hydrogens is 269 g/mol. The van der Waals surface area contributed by atoms with Gasteiger partial charge in [0, 0.05) is 26.1 Å². The van der Waals surface area contributed by atoms with Gasteiger partial charge in [-0.3, -0.25) is 0 Å². The fourth-order valence-corrected chi connectivity index (χ4v) is 2.49. The summed E-state index contributed by atoms with van der Waals surface area (Å²) in [6.07, 6.45) is 0. The third-order valence-corrected chi connectivity index (χ3v) is 3.27. The molecule has 1 rings (SSSR count). The maximum absolute atomic E-state index is 6.32. The predicted octanol–water partition coefficient (Wildman–Crippen LogP) is 4.19. The van der Waals surface area contributed by atoms with Crippen LogP contribution in [0.15, 0.2) is 18.2 Å². The molecule has 1 aromatic carbocycles. The molecule has 0 atom stereocenters. The van der Waals surface area contributed by atoms with E-state index in [1.165, 1.54) is 0 Å². The first-order valence-corrected chi connectivity index (χ1v) is 7.08. The summed E-state index contributed by atoms with van der Waals surface area (Å²) in [5.74, 6) is 1.03. The van der Waals surface area contributed by atoms with Crippen LogP contribution in [0.4, 0.5) is 5.69 Å². The zero-order chi connectivity index (χ0) is 13.5. The molecular formula is C14H21Cl2NO. The van der Waals surface area contributed by atoms with E-state index < -0.39 is 0 Å². The summed E-state index contributed by atoms with van der Waals surface area (Å²) in [4.78, 5) is 2.26. The summed E-state index contributed by atoms with van der Waals surface area (Å²) in [5.41, 5.74) is 2.11. The van der Waals surface area contributed by atoms with Crippen molar-refractivity contribution >= 4 is 28.9 Å². The minimum Gasteiger partial charge on any atom is -0.383 e. The number of rotatable bonds is 7. The number of hydrogen-bond acceptors (Lipinski definition) is 2. The van der Waals surface area contributed by atoms with E-state index >= 15 is 0 Å². The van der Waals surface area contributed by atoms with E-state index in [9.17, 15) is 0 Å². The number of anilines is 1. The van der Waals surface area contributed by atoms with Crippen molar-refractivity contribution in [1.82, 2.24) is 0 Å². The number of benzene rings is 1. The lowest BCUT2D eigenvalue weighted by molar-refractivity contribution is 0.204. The van der Waals surface area contributed by atoms with E-state index in [1.807, 2.05) is 18.2 Å². The molecule has 0 spiro atoms. The van der Waals surface area contributed by atoms with Crippen molar-refractivity contribution < 1.29 is 4.74 Å². The average molecular weight is 290 g/mol. The first kappa shape index (κ1) is 15.6. The molecule has 0 unspecified atom stereocenters. The number of halogens is 2. The zero-order valence-corrected chi connectivity index (χ0v) is 12.8. The Morgan fingerprint density at radius 3 is 2.61 bits per heavy atom. The van der Waals surface area contributed by atoms with Gasteiger partial charge >= 0.3 is 0 Å². The Morgan fingerprint density at radius 1 is 1.33 bits per heavy atom. The van der Waals surface area contributed by atoms with Crippen molar-refractivity contribution in [3.05, 3.63) is 28.8 Å². The van der Waals surface area contributed by atoms with Gasteiger partial charge < -0.3 is 9.64 Å². The molecule has 4 heteroatoms. The standard InChI is InChI=1S/C14H21Cl2NO/c1-11(2)10-17(7-8-18-3)14-12(9-15)5-4-6-13(14)16/h4-6,11H,7-10H2,1-3H3. The quantitative estimate of drug-likeness (QED) is 0.698. The molecule has 0 radical (unpaired) electrons. The second-order valence-corrected chi connectivity index (χ2v) is 5.39. The molecule has 0 fully saturated rings. The molecule has 0 N–H and O–H groups in total. The van der Waals surface area contributed by atoms with Crippen molar-refractivity contribution in [2.75, 3.05) is 31.7 Å². The molecule has 0 aliphatic heterocycles. The van der Waals surface area contributed by atoms with Gasteiger partial charge in [0.25, 0.3) is 0 Å². The average Bonchev–Trinajstić information content (AvgIpc) is 2.34. The highest BCUT2D eigenvalue weighted by molar-refractivity contribution is 6.33. The van der Waals surface area contributed by atoms with Gasteiger partial charge in [0.1, 0.15) is 0 Å². The van der Waals surface area contributed by atoms with Gasteiger partial charge in [-0.05, 0) is 17.5 Å². The van der Waals surface area contributed by atoms with Crippen LogP contribution in [-0.2, 0) is 10.6 Å². The lowest BCUT2D eigenvalue weighted by Crippen LogP contribution is -2.32. The molecule has 102 valence electrons. The molecule has 0 aliphatic carbocycles. The van der Waals surface area contributed by atoms with Crippen molar-refractivity contribution in [1.29, 1.82) is 0 Å². The molecule has 1 aromatic rings. The van der Waals surface area contributed by atoms with Crippen molar-refractivity contribution in [2.24, 2.45) is 5.92 Å². The molecule has 0 bridgehead atoms. The monoisotopic (exact) mass is 289 g/mol. The van der Waals surface area contributed by atoms with E-state index in [4.69, 9.17) is 27.9 Å². The van der Waals surface area contributed by atoms with E-state index in [0.29, 0.717) is 18.4 Å². The van der Waals surface area contributed by atoms with Crippen molar-refractivity contribution in [2.45, 2.75) is 19.7 Å². The highest BCUT2D eigenvalue weighted by Gasteiger charge is 2.15. The molecule has 18 heavy (non-hydrogen) atoms.